The summed E-state index contributed by atoms with van der Waals surface area (Å²) in [6, 6.07) is 14.9. The fourth-order valence-electron chi connectivity index (χ4n) is 3.98. The molecule has 34 heavy (non-hydrogen) atoms. The van der Waals surface area contributed by atoms with Gasteiger partial charge in [-0.2, -0.15) is 4.98 Å². The lowest BCUT2D eigenvalue weighted by molar-refractivity contribution is -0.121. The highest BCUT2D eigenvalue weighted by molar-refractivity contribution is 6.02. The van der Waals surface area contributed by atoms with Crippen molar-refractivity contribution in [3.8, 4) is 11.4 Å². The number of piperazine rings is 1. The van der Waals surface area contributed by atoms with E-state index in [9.17, 15) is 9.59 Å². The molecular formula is C25H30N6O3. The van der Waals surface area contributed by atoms with Crippen LogP contribution in [0.3, 0.4) is 0 Å². The van der Waals surface area contributed by atoms with Crippen molar-refractivity contribution in [2.45, 2.75) is 26.8 Å². The summed E-state index contributed by atoms with van der Waals surface area (Å²) in [5.41, 5.74) is 3.67. The first-order valence-corrected chi connectivity index (χ1v) is 11.4. The van der Waals surface area contributed by atoms with Gasteiger partial charge in [0, 0.05) is 37.4 Å². The topological polar surface area (TPSA) is 104 Å². The van der Waals surface area contributed by atoms with E-state index in [4.69, 9.17) is 4.52 Å². The number of hydrogen-bond donors (Lipinski definition) is 2. The largest absolute Gasteiger partial charge is 0.337 e. The first kappa shape index (κ1) is 23.6. The molecule has 3 aromatic rings. The highest BCUT2D eigenvalue weighted by atomic mass is 16.5. The maximum atomic E-state index is 12.4. The van der Waals surface area contributed by atoms with Gasteiger partial charge in [0.1, 0.15) is 0 Å². The maximum Gasteiger partial charge on any atom is 0.325 e. The van der Waals surface area contributed by atoms with Crippen LogP contribution in [0.1, 0.15) is 30.0 Å². The van der Waals surface area contributed by atoms with Gasteiger partial charge in [-0.1, -0.05) is 47.6 Å². The molecule has 0 bridgehead atoms. The molecule has 9 heteroatoms. The SMILES string of the molecule is Cc1cccc(NC(=O)NC(=O)CN2CCN(C(C)c3nc(-c4ccccc4)no3)CC2)c1C. The third-order valence-electron chi connectivity index (χ3n) is 6.26. The summed E-state index contributed by atoms with van der Waals surface area (Å²) >= 11 is 0. The second kappa shape index (κ2) is 10.6. The van der Waals surface area contributed by atoms with E-state index in [0.717, 1.165) is 29.8 Å². The Bertz CT molecular complexity index is 1140. The van der Waals surface area contributed by atoms with Crippen molar-refractivity contribution in [2.75, 3.05) is 38.0 Å². The van der Waals surface area contributed by atoms with Gasteiger partial charge in [0.25, 0.3) is 0 Å². The molecule has 0 saturated carbocycles. The van der Waals surface area contributed by atoms with E-state index in [1.807, 2.05) is 74.2 Å². The van der Waals surface area contributed by atoms with Crippen LogP contribution < -0.4 is 10.6 Å². The minimum atomic E-state index is -0.517. The van der Waals surface area contributed by atoms with Crippen LogP contribution in [0.5, 0.6) is 0 Å². The minimum absolute atomic E-state index is 0.0238. The number of amides is 3. The molecule has 2 N–H and O–H groups in total. The average molecular weight is 463 g/mol. The Morgan fingerprint density at radius 3 is 2.50 bits per heavy atom. The third-order valence-corrected chi connectivity index (χ3v) is 6.26. The predicted octanol–water partition coefficient (Wildman–Crippen LogP) is 3.38. The first-order chi connectivity index (χ1) is 16.4. The van der Waals surface area contributed by atoms with Gasteiger partial charge < -0.3 is 9.84 Å². The maximum absolute atomic E-state index is 12.4. The van der Waals surface area contributed by atoms with Crippen LogP contribution >= 0.6 is 0 Å². The molecule has 1 saturated heterocycles. The van der Waals surface area contributed by atoms with Gasteiger partial charge in [-0.15, -0.1) is 0 Å². The Balaban J connectivity index is 1.23. The fourth-order valence-corrected chi connectivity index (χ4v) is 3.98. The number of nitrogens with zero attached hydrogens (tertiary/aromatic N) is 4. The van der Waals surface area contributed by atoms with Crippen LogP contribution in [-0.4, -0.2) is 64.6 Å². The smallest absolute Gasteiger partial charge is 0.325 e. The molecule has 2 heterocycles. The summed E-state index contributed by atoms with van der Waals surface area (Å²) in [5.74, 6) is 0.832. The number of rotatable bonds is 6. The first-order valence-electron chi connectivity index (χ1n) is 11.4. The Labute approximate surface area is 199 Å². The van der Waals surface area contributed by atoms with Gasteiger partial charge in [-0.25, -0.2) is 4.79 Å². The Hall–Kier alpha value is -3.56. The van der Waals surface area contributed by atoms with Crippen molar-refractivity contribution < 1.29 is 14.1 Å². The number of carbonyl (C=O) groups is 2. The molecule has 1 aliphatic rings. The van der Waals surface area contributed by atoms with Crippen LogP contribution in [-0.2, 0) is 4.79 Å². The quantitative estimate of drug-likeness (QED) is 0.579. The number of imide groups is 1. The van der Waals surface area contributed by atoms with Crippen LogP contribution in [0, 0.1) is 13.8 Å². The molecule has 0 spiro atoms. The predicted molar refractivity (Wildman–Crippen MR) is 129 cm³/mol. The van der Waals surface area contributed by atoms with Gasteiger partial charge in [-0.3, -0.25) is 19.9 Å². The fraction of sp³-hybridized carbons (Fsp3) is 0.360. The normalized spacial score (nSPS) is 15.6. The van der Waals surface area contributed by atoms with Gasteiger partial charge in [0.15, 0.2) is 0 Å². The van der Waals surface area contributed by atoms with Crippen molar-refractivity contribution >= 4 is 17.6 Å². The number of urea groups is 1. The molecule has 1 unspecified atom stereocenters. The molecule has 1 aromatic heterocycles. The van der Waals surface area contributed by atoms with E-state index in [2.05, 4.69) is 25.7 Å². The zero-order chi connectivity index (χ0) is 24.1. The number of aryl methyl sites for hydroxylation is 1. The van der Waals surface area contributed by atoms with E-state index in [-0.39, 0.29) is 18.5 Å². The molecule has 178 valence electrons. The summed E-state index contributed by atoms with van der Waals surface area (Å²) in [6.07, 6.45) is 0. The van der Waals surface area contributed by atoms with E-state index in [1.165, 1.54) is 0 Å². The molecule has 1 aliphatic heterocycles. The number of nitrogens with one attached hydrogen (secondary N) is 2. The molecule has 2 aromatic carbocycles. The van der Waals surface area contributed by atoms with Crippen LogP contribution in [0.25, 0.3) is 11.4 Å². The molecular weight excluding hydrogens is 432 g/mol. The highest BCUT2D eigenvalue weighted by Crippen LogP contribution is 2.23. The molecule has 1 atom stereocenters. The molecule has 0 aliphatic carbocycles. The zero-order valence-corrected chi connectivity index (χ0v) is 19.7. The van der Waals surface area contributed by atoms with Gasteiger partial charge >= 0.3 is 6.03 Å². The lowest BCUT2D eigenvalue weighted by Crippen LogP contribution is -2.50. The summed E-state index contributed by atoms with van der Waals surface area (Å²) in [4.78, 5) is 33.5. The number of hydrogen-bond acceptors (Lipinski definition) is 7. The number of benzene rings is 2. The summed E-state index contributed by atoms with van der Waals surface area (Å²) in [6.45, 7) is 9.04. The lowest BCUT2D eigenvalue weighted by atomic mass is 10.1. The molecule has 9 nitrogen and oxygen atoms in total. The standard InChI is InChI=1S/C25H30N6O3/c1-17-8-7-11-21(18(17)2)26-25(33)27-22(32)16-30-12-14-31(15-13-30)19(3)24-28-23(29-34-24)20-9-5-4-6-10-20/h4-11,19H,12-16H2,1-3H3,(H2,26,27,32,33). The van der Waals surface area contributed by atoms with Gasteiger partial charge in [-0.05, 0) is 38.0 Å². The molecule has 1 fully saturated rings. The van der Waals surface area contributed by atoms with E-state index in [1.54, 1.807) is 0 Å². The second-order valence-electron chi connectivity index (χ2n) is 8.56. The van der Waals surface area contributed by atoms with Crippen molar-refractivity contribution in [3.63, 3.8) is 0 Å². The van der Waals surface area contributed by atoms with Crippen LogP contribution in [0.2, 0.25) is 0 Å². The molecule has 4 rings (SSSR count). The zero-order valence-electron chi connectivity index (χ0n) is 19.7. The summed E-state index contributed by atoms with van der Waals surface area (Å²) in [7, 11) is 0. The van der Waals surface area contributed by atoms with Crippen LogP contribution in [0.4, 0.5) is 10.5 Å². The van der Waals surface area contributed by atoms with E-state index < -0.39 is 6.03 Å². The van der Waals surface area contributed by atoms with Crippen molar-refractivity contribution in [1.29, 1.82) is 0 Å². The minimum Gasteiger partial charge on any atom is -0.337 e. The van der Waals surface area contributed by atoms with Crippen LogP contribution in [0.15, 0.2) is 53.1 Å². The third kappa shape index (κ3) is 5.67. The number of anilines is 1. The van der Waals surface area contributed by atoms with E-state index in [0.29, 0.717) is 30.5 Å². The summed E-state index contributed by atoms with van der Waals surface area (Å²) in [5, 5.41) is 9.29. The Kier molecular flexibility index (Phi) is 7.34. The van der Waals surface area contributed by atoms with Crippen molar-refractivity contribution in [3.05, 3.63) is 65.5 Å². The molecule has 0 radical (unpaired) electrons. The summed E-state index contributed by atoms with van der Waals surface area (Å²) < 4.78 is 5.51. The van der Waals surface area contributed by atoms with Crippen molar-refractivity contribution in [2.24, 2.45) is 0 Å². The van der Waals surface area contributed by atoms with E-state index >= 15 is 0 Å². The number of carbonyl (C=O) groups excluding carboxylic acids is 2. The Morgan fingerprint density at radius 1 is 1.03 bits per heavy atom. The van der Waals surface area contributed by atoms with Gasteiger partial charge in [0.05, 0.1) is 12.6 Å². The average Bonchev–Trinajstić information content (AvgIpc) is 3.33. The monoisotopic (exact) mass is 462 g/mol. The lowest BCUT2D eigenvalue weighted by Gasteiger charge is -2.36. The molecule has 3 amide bonds. The second-order valence-corrected chi connectivity index (χ2v) is 8.56. The number of aromatic nitrogens is 2. The Morgan fingerprint density at radius 2 is 1.76 bits per heavy atom. The highest BCUT2D eigenvalue weighted by Gasteiger charge is 2.27. The van der Waals surface area contributed by atoms with Gasteiger partial charge in [0.2, 0.25) is 17.6 Å². The van der Waals surface area contributed by atoms with Crippen molar-refractivity contribution in [1.82, 2.24) is 25.3 Å².